The first-order valence-electron chi connectivity index (χ1n) is 5.75. The molecule has 0 aliphatic carbocycles. The van der Waals surface area contributed by atoms with Crippen LogP contribution >= 0.6 is 15.9 Å². The van der Waals surface area contributed by atoms with Crippen LogP contribution in [-0.4, -0.2) is 27.8 Å². The van der Waals surface area contributed by atoms with Gasteiger partial charge in [-0.25, -0.2) is 0 Å². The van der Waals surface area contributed by atoms with Crippen LogP contribution in [0.15, 0.2) is 10.7 Å². The molecule has 0 bridgehead atoms. The van der Waals surface area contributed by atoms with Gasteiger partial charge < -0.3 is 15.4 Å². The van der Waals surface area contributed by atoms with E-state index in [1.54, 1.807) is 10.9 Å². The van der Waals surface area contributed by atoms with Crippen LogP contribution in [0.2, 0.25) is 0 Å². The van der Waals surface area contributed by atoms with Gasteiger partial charge in [-0.15, -0.1) is 0 Å². The molecule has 94 valence electrons. The van der Waals surface area contributed by atoms with Crippen molar-refractivity contribution in [2.75, 3.05) is 13.1 Å². The summed E-state index contributed by atoms with van der Waals surface area (Å²) in [4.78, 5) is 10.2. The zero-order valence-electron chi connectivity index (χ0n) is 9.43. The number of nitro groups is 1. The largest absolute Gasteiger partial charge is 0.404 e. The summed E-state index contributed by atoms with van der Waals surface area (Å²) in [5.41, 5.74) is 0. The second-order valence-corrected chi connectivity index (χ2v) is 5.16. The summed E-state index contributed by atoms with van der Waals surface area (Å²) in [7, 11) is 0. The minimum atomic E-state index is -0.467. The molecule has 0 unspecified atom stereocenters. The van der Waals surface area contributed by atoms with Crippen LogP contribution in [0.3, 0.4) is 0 Å². The molecule has 1 aromatic heterocycles. The van der Waals surface area contributed by atoms with E-state index in [9.17, 15) is 10.1 Å². The molecule has 1 fully saturated rings. The van der Waals surface area contributed by atoms with E-state index in [1.165, 1.54) is 12.8 Å². The van der Waals surface area contributed by atoms with E-state index in [2.05, 4.69) is 26.3 Å². The molecule has 1 saturated heterocycles. The lowest BCUT2D eigenvalue weighted by Gasteiger charge is -2.21. The van der Waals surface area contributed by atoms with Gasteiger partial charge >= 0.3 is 5.82 Å². The predicted molar refractivity (Wildman–Crippen MR) is 66.8 cm³/mol. The van der Waals surface area contributed by atoms with E-state index < -0.39 is 4.92 Å². The van der Waals surface area contributed by atoms with Gasteiger partial charge in [0.05, 0.1) is 17.8 Å². The first kappa shape index (κ1) is 12.5. The van der Waals surface area contributed by atoms with Crippen LogP contribution in [0.4, 0.5) is 5.82 Å². The molecular weight excluding hydrogens is 288 g/mol. The van der Waals surface area contributed by atoms with Gasteiger partial charge in [0.15, 0.2) is 0 Å². The third-order valence-corrected chi connectivity index (χ3v) is 3.66. The number of piperidine rings is 1. The topological polar surface area (TPSA) is 73.0 Å². The standard InChI is InChI=1S/C10H15BrN4O2/c11-9-7-14(13-10(9)15(16)17)6-3-8-1-4-12-5-2-8/h7-8,12H,1-6H2. The van der Waals surface area contributed by atoms with Crippen molar-refractivity contribution in [3.8, 4) is 0 Å². The Morgan fingerprint density at radius 1 is 1.59 bits per heavy atom. The Balaban J connectivity index is 1.90. The van der Waals surface area contributed by atoms with Gasteiger partial charge in [-0.3, -0.25) is 0 Å². The van der Waals surface area contributed by atoms with E-state index >= 15 is 0 Å². The average Bonchev–Trinajstić information content (AvgIpc) is 2.69. The van der Waals surface area contributed by atoms with Gasteiger partial charge in [-0.05, 0) is 59.1 Å². The highest BCUT2D eigenvalue weighted by molar-refractivity contribution is 9.10. The zero-order valence-corrected chi connectivity index (χ0v) is 11.0. The molecule has 1 aromatic rings. The maximum Gasteiger partial charge on any atom is 0.404 e. The number of aryl methyl sites for hydroxylation is 1. The summed E-state index contributed by atoms with van der Waals surface area (Å²) in [6.45, 7) is 2.90. The number of aromatic nitrogens is 2. The van der Waals surface area contributed by atoms with Crippen molar-refractivity contribution >= 4 is 21.7 Å². The number of hydrogen-bond donors (Lipinski definition) is 1. The third-order valence-electron chi connectivity index (χ3n) is 3.10. The Kier molecular flexibility index (Phi) is 4.11. The van der Waals surface area contributed by atoms with E-state index in [4.69, 9.17) is 0 Å². The molecule has 1 aliphatic heterocycles. The first-order chi connectivity index (χ1) is 8.16. The van der Waals surface area contributed by atoms with E-state index in [0.717, 1.165) is 26.1 Å². The van der Waals surface area contributed by atoms with Crippen LogP contribution in [0, 0.1) is 16.0 Å². The third kappa shape index (κ3) is 3.26. The Labute approximate surface area is 108 Å². The van der Waals surface area contributed by atoms with Gasteiger partial charge in [0, 0.05) is 0 Å². The minimum Gasteiger partial charge on any atom is -0.358 e. The lowest BCUT2D eigenvalue weighted by Crippen LogP contribution is -2.28. The van der Waals surface area contributed by atoms with Gasteiger partial charge in [-0.1, -0.05) is 0 Å². The highest BCUT2D eigenvalue weighted by atomic mass is 79.9. The molecule has 0 spiro atoms. The second kappa shape index (κ2) is 5.59. The lowest BCUT2D eigenvalue weighted by atomic mass is 9.95. The van der Waals surface area contributed by atoms with Crippen molar-refractivity contribution in [3.05, 3.63) is 20.8 Å². The van der Waals surface area contributed by atoms with E-state index in [-0.39, 0.29) is 5.82 Å². The van der Waals surface area contributed by atoms with Crippen LogP contribution in [0.25, 0.3) is 0 Å². The van der Waals surface area contributed by atoms with Crippen LogP contribution < -0.4 is 5.32 Å². The van der Waals surface area contributed by atoms with Crippen molar-refractivity contribution in [1.29, 1.82) is 0 Å². The van der Waals surface area contributed by atoms with Gasteiger partial charge in [0.25, 0.3) is 0 Å². The maximum atomic E-state index is 10.6. The number of nitrogens with zero attached hydrogens (tertiary/aromatic N) is 3. The Hall–Kier alpha value is -0.950. The fourth-order valence-electron chi connectivity index (χ4n) is 2.11. The first-order valence-corrected chi connectivity index (χ1v) is 6.54. The van der Waals surface area contributed by atoms with Crippen LogP contribution in [-0.2, 0) is 6.54 Å². The van der Waals surface area contributed by atoms with Crippen LogP contribution in [0.5, 0.6) is 0 Å². The Bertz CT molecular complexity index is 401. The van der Waals surface area contributed by atoms with Crippen molar-refractivity contribution in [2.24, 2.45) is 5.92 Å². The molecule has 0 saturated carbocycles. The fraction of sp³-hybridized carbons (Fsp3) is 0.700. The van der Waals surface area contributed by atoms with Gasteiger partial charge in [0.1, 0.15) is 4.47 Å². The maximum absolute atomic E-state index is 10.6. The molecule has 0 radical (unpaired) electrons. The van der Waals surface area contributed by atoms with Crippen LogP contribution in [0.1, 0.15) is 19.3 Å². The van der Waals surface area contributed by atoms with Gasteiger partial charge in [0.2, 0.25) is 0 Å². The summed E-state index contributed by atoms with van der Waals surface area (Å²) in [5, 5.41) is 17.9. The molecule has 6 nitrogen and oxygen atoms in total. The monoisotopic (exact) mass is 302 g/mol. The molecule has 2 rings (SSSR count). The van der Waals surface area contributed by atoms with Crippen molar-refractivity contribution in [3.63, 3.8) is 0 Å². The quantitative estimate of drug-likeness (QED) is 0.681. The normalized spacial score (nSPS) is 17.2. The van der Waals surface area contributed by atoms with E-state index in [0.29, 0.717) is 10.4 Å². The SMILES string of the molecule is O=[N+]([O-])c1nn(CCC2CCNCC2)cc1Br. The number of rotatable bonds is 4. The summed E-state index contributed by atoms with van der Waals surface area (Å²) >= 11 is 3.15. The summed E-state index contributed by atoms with van der Waals surface area (Å²) in [6.07, 6.45) is 5.08. The Morgan fingerprint density at radius 3 is 2.88 bits per heavy atom. The summed E-state index contributed by atoms with van der Waals surface area (Å²) in [6, 6.07) is 0. The minimum absolute atomic E-state index is 0.102. The second-order valence-electron chi connectivity index (χ2n) is 4.30. The highest BCUT2D eigenvalue weighted by Crippen LogP contribution is 2.23. The molecule has 0 amide bonds. The molecule has 7 heteroatoms. The van der Waals surface area contributed by atoms with Crippen molar-refractivity contribution < 1.29 is 4.92 Å². The number of halogens is 1. The Morgan fingerprint density at radius 2 is 2.29 bits per heavy atom. The zero-order chi connectivity index (χ0) is 12.3. The molecule has 2 heterocycles. The van der Waals surface area contributed by atoms with Crippen molar-refractivity contribution in [1.82, 2.24) is 15.1 Å². The lowest BCUT2D eigenvalue weighted by molar-refractivity contribution is -0.390. The molecule has 1 N–H and O–H groups in total. The van der Waals surface area contributed by atoms with Crippen molar-refractivity contribution in [2.45, 2.75) is 25.8 Å². The molecule has 0 aromatic carbocycles. The molecule has 17 heavy (non-hydrogen) atoms. The van der Waals surface area contributed by atoms with Gasteiger partial charge in [-0.2, -0.15) is 4.68 Å². The van der Waals surface area contributed by atoms with E-state index in [1.807, 2.05) is 0 Å². The molecule has 1 aliphatic rings. The molecule has 0 atom stereocenters. The fourth-order valence-corrected chi connectivity index (χ4v) is 2.57. The number of nitrogens with one attached hydrogen (secondary N) is 1. The average molecular weight is 303 g/mol. The summed E-state index contributed by atoms with van der Waals surface area (Å²) in [5.74, 6) is 0.605. The smallest absolute Gasteiger partial charge is 0.358 e. The predicted octanol–water partition coefficient (Wildman–Crippen LogP) is 1.94. The highest BCUT2D eigenvalue weighted by Gasteiger charge is 2.19. The summed E-state index contributed by atoms with van der Waals surface area (Å²) < 4.78 is 2.11. The number of hydrogen-bond acceptors (Lipinski definition) is 4. The molecular formula is C10H15BrN4O2.